The van der Waals surface area contributed by atoms with Crippen molar-refractivity contribution in [3.05, 3.63) is 64.7 Å². The molecule has 8 nitrogen and oxygen atoms in total. The lowest BCUT2D eigenvalue weighted by atomic mass is 10.2. The van der Waals surface area contributed by atoms with Crippen molar-refractivity contribution in [3.63, 3.8) is 0 Å². The van der Waals surface area contributed by atoms with Gasteiger partial charge in [-0.2, -0.15) is 5.10 Å². The molecule has 126 valence electrons. The zero-order valence-electron chi connectivity index (χ0n) is 13.8. The summed E-state index contributed by atoms with van der Waals surface area (Å²) >= 11 is 0. The molecule has 0 saturated heterocycles. The second kappa shape index (κ2) is 5.97. The van der Waals surface area contributed by atoms with Crippen LogP contribution in [0.25, 0.3) is 16.7 Å². The van der Waals surface area contributed by atoms with E-state index in [1.54, 1.807) is 10.9 Å². The molecule has 25 heavy (non-hydrogen) atoms. The minimum atomic E-state index is -0.281. The van der Waals surface area contributed by atoms with Crippen LogP contribution in [0.1, 0.15) is 31.4 Å². The Morgan fingerprint density at radius 2 is 1.96 bits per heavy atom. The summed E-state index contributed by atoms with van der Waals surface area (Å²) in [7, 11) is 0. The van der Waals surface area contributed by atoms with Crippen molar-refractivity contribution < 1.29 is 4.42 Å². The number of hydrogen-bond donors (Lipinski definition) is 0. The molecule has 0 aliphatic heterocycles. The van der Waals surface area contributed by atoms with Crippen LogP contribution >= 0.6 is 0 Å². The number of rotatable bonds is 4. The van der Waals surface area contributed by atoms with Gasteiger partial charge in [0.1, 0.15) is 17.7 Å². The van der Waals surface area contributed by atoms with E-state index in [1.807, 2.05) is 44.2 Å². The van der Waals surface area contributed by atoms with Crippen LogP contribution in [0, 0.1) is 0 Å². The predicted octanol–water partition coefficient (Wildman–Crippen LogP) is 2.14. The Kier molecular flexibility index (Phi) is 3.64. The van der Waals surface area contributed by atoms with E-state index < -0.39 is 0 Å². The minimum absolute atomic E-state index is 0.130. The summed E-state index contributed by atoms with van der Waals surface area (Å²) in [5.41, 5.74) is 0.956. The first-order valence-electron chi connectivity index (χ1n) is 7.95. The molecule has 4 aromatic rings. The highest BCUT2D eigenvalue weighted by molar-refractivity contribution is 5.74. The van der Waals surface area contributed by atoms with Gasteiger partial charge in [0.25, 0.3) is 5.56 Å². The molecule has 0 atom stereocenters. The first-order chi connectivity index (χ1) is 12.1. The van der Waals surface area contributed by atoms with Gasteiger partial charge in [0.15, 0.2) is 5.65 Å². The third-order valence-corrected chi connectivity index (χ3v) is 3.88. The van der Waals surface area contributed by atoms with Crippen LogP contribution in [0.15, 0.2) is 51.9 Å². The molecule has 3 aromatic heterocycles. The average molecular weight is 336 g/mol. The van der Waals surface area contributed by atoms with Crippen LogP contribution in [-0.4, -0.2) is 29.8 Å². The van der Waals surface area contributed by atoms with Gasteiger partial charge in [-0.15, -0.1) is 5.10 Å². The Morgan fingerprint density at radius 3 is 2.68 bits per heavy atom. The molecule has 0 radical (unpaired) electrons. The third-order valence-electron chi connectivity index (χ3n) is 3.88. The molecule has 0 spiro atoms. The molecule has 0 aliphatic rings. The maximum absolute atomic E-state index is 12.7. The number of hydrogen-bond acceptors (Lipinski definition) is 6. The van der Waals surface area contributed by atoms with Crippen LogP contribution in [0.3, 0.4) is 0 Å². The molecule has 4 rings (SSSR count). The highest BCUT2D eigenvalue weighted by Gasteiger charge is 2.15. The number of benzene rings is 1. The number of nitrogens with zero attached hydrogens (tertiary/aromatic N) is 6. The molecule has 0 saturated carbocycles. The van der Waals surface area contributed by atoms with E-state index in [2.05, 4.69) is 20.4 Å². The smallest absolute Gasteiger partial charge is 0.281 e. The van der Waals surface area contributed by atoms with E-state index in [0.717, 1.165) is 11.4 Å². The highest BCUT2D eigenvalue weighted by Crippen LogP contribution is 2.16. The molecule has 0 N–H and O–H groups in total. The van der Waals surface area contributed by atoms with Crippen molar-refractivity contribution in [1.29, 1.82) is 0 Å². The van der Waals surface area contributed by atoms with Crippen molar-refractivity contribution in [3.8, 4) is 5.69 Å². The van der Waals surface area contributed by atoms with Crippen LogP contribution < -0.4 is 5.56 Å². The van der Waals surface area contributed by atoms with Crippen molar-refractivity contribution in [2.75, 3.05) is 0 Å². The lowest BCUT2D eigenvalue weighted by Crippen LogP contribution is -2.25. The first-order valence-corrected chi connectivity index (χ1v) is 7.95. The molecule has 0 unspecified atom stereocenters. The van der Waals surface area contributed by atoms with Gasteiger partial charge in [-0.05, 0) is 12.1 Å². The van der Waals surface area contributed by atoms with Crippen molar-refractivity contribution >= 4 is 11.0 Å². The summed E-state index contributed by atoms with van der Waals surface area (Å²) in [4.78, 5) is 16.8. The number of oxazole rings is 1. The summed E-state index contributed by atoms with van der Waals surface area (Å²) in [5.74, 6) is 1.43. The van der Waals surface area contributed by atoms with Gasteiger partial charge in [-0.1, -0.05) is 37.3 Å². The average Bonchev–Trinajstić information content (AvgIpc) is 3.25. The van der Waals surface area contributed by atoms with E-state index in [9.17, 15) is 4.79 Å². The van der Waals surface area contributed by atoms with E-state index in [4.69, 9.17) is 4.42 Å². The van der Waals surface area contributed by atoms with Gasteiger partial charge in [0, 0.05) is 5.92 Å². The Morgan fingerprint density at radius 1 is 1.16 bits per heavy atom. The molecular formula is C17H16N6O2. The standard InChI is InChI=1S/C17H16N6O2/c1-11(2)14-9-18-15(25-14)10-22-17(24)13-8-19-23(16(13)20-21-22)12-6-4-3-5-7-12/h3-9,11H,10H2,1-2H3. The van der Waals surface area contributed by atoms with E-state index in [1.165, 1.54) is 10.9 Å². The first kappa shape index (κ1) is 15.3. The third kappa shape index (κ3) is 2.71. The molecule has 0 fully saturated rings. The fourth-order valence-corrected chi connectivity index (χ4v) is 2.52. The van der Waals surface area contributed by atoms with Crippen LogP contribution in [0.5, 0.6) is 0 Å². The molecular weight excluding hydrogens is 320 g/mol. The second-order valence-corrected chi connectivity index (χ2v) is 5.99. The quantitative estimate of drug-likeness (QED) is 0.567. The number of para-hydroxylation sites is 1. The van der Waals surface area contributed by atoms with Crippen LogP contribution in [0.2, 0.25) is 0 Å². The molecule has 8 heteroatoms. The number of fused-ring (bicyclic) bond motifs is 1. The van der Waals surface area contributed by atoms with Gasteiger partial charge in [0.05, 0.1) is 18.1 Å². The lowest BCUT2D eigenvalue weighted by Gasteiger charge is -2.03. The highest BCUT2D eigenvalue weighted by atomic mass is 16.4. The summed E-state index contributed by atoms with van der Waals surface area (Å²) < 4.78 is 8.46. The minimum Gasteiger partial charge on any atom is -0.443 e. The second-order valence-electron chi connectivity index (χ2n) is 5.99. The molecule has 1 aromatic carbocycles. The Bertz CT molecular complexity index is 1080. The molecule has 3 heterocycles. The van der Waals surface area contributed by atoms with E-state index >= 15 is 0 Å². The topological polar surface area (TPSA) is 91.6 Å². The predicted molar refractivity (Wildman–Crippen MR) is 90.6 cm³/mol. The zero-order chi connectivity index (χ0) is 17.4. The van der Waals surface area contributed by atoms with Gasteiger partial charge in [0.2, 0.25) is 5.89 Å². The summed E-state index contributed by atoms with van der Waals surface area (Å²) in [6.45, 7) is 4.16. The van der Waals surface area contributed by atoms with Gasteiger partial charge >= 0.3 is 0 Å². The fourth-order valence-electron chi connectivity index (χ4n) is 2.52. The van der Waals surface area contributed by atoms with Crippen molar-refractivity contribution in [2.45, 2.75) is 26.3 Å². The molecule has 0 amide bonds. The fraction of sp³-hybridized carbons (Fsp3) is 0.235. The Balaban J connectivity index is 1.72. The monoisotopic (exact) mass is 336 g/mol. The van der Waals surface area contributed by atoms with E-state index in [-0.39, 0.29) is 18.0 Å². The zero-order valence-corrected chi connectivity index (χ0v) is 13.8. The maximum Gasteiger partial charge on any atom is 0.281 e. The Hall–Kier alpha value is -3.29. The van der Waals surface area contributed by atoms with Crippen LogP contribution in [-0.2, 0) is 6.54 Å². The molecule has 0 aliphatic carbocycles. The molecule has 0 bridgehead atoms. The maximum atomic E-state index is 12.7. The summed E-state index contributed by atoms with van der Waals surface area (Å²) in [6.07, 6.45) is 3.18. The van der Waals surface area contributed by atoms with E-state index in [0.29, 0.717) is 16.9 Å². The van der Waals surface area contributed by atoms with Crippen molar-refractivity contribution in [1.82, 2.24) is 29.8 Å². The summed E-state index contributed by atoms with van der Waals surface area (Å²) in [6, 6.07) is 9.48. The van der Waals surface area contributed by atoms with Gasteiger partial charge in [-0.25, -0.2) is 14.3 Å². The lowest BCUT2D eigenvalue weighted by molar-refractivity contribution is 0.412. The summed E-state index contributed by atoms with van der Waals surface area (Å²) in [5, 5.41) is 12.8. The Labute approximate surface area is 142 Å². The van der Waals surface area contributed by atoms with Crippen molar-refractivity contribution in [2.24, 2.45) is 0 Å². The SMILES string of the molecule is CC(C)c1cnc(Cn2nnc3c(cnn3-c3ccccc3)c2=O)o1. The largest absolute Gasteiger partial charge is 0.443 e. The van der Waals surface area contributed by atoms with Gasteiger partial charge < -0.3 is 4.42 Å². The van der Waals surface area contributed by atoms with Gasteiger partial charge in [-0.3, -0.25) is 4.79 Å². The van der Waals surface area contributed by atoms with Crippen LogP contribution in [0.4, 0.5) is 0 Å². The number of aromatic nitrogens is 6. The normalized spacial score (nSPS) is 11.5.